The molecule has 0 unspecified atom stereocenters. The number of amides is 1. The molecule has 9 nitrogen and oxygen atoms in total. The number of aliphatic hydroxyl groups is 1. The third-order valence-corrected chi connectivity index (χ3v) is 5.77. The van der Waals surface area contributed by atoms with E-state index in [1.165, 1.54) is 16.8 Å². The van der Waals surface area contributed by atoms with Gasteiger partial charge in [-0.2, -0.15) is 4.98 Å². The van der Waals surface area contributed by atoms with Gasteiger partial charge in [0, 0.05) is 24.1 Å². The first kappa shape index (κ1) is 24.3. The summed E-state index contributed by atoms with van der Waals surface area (Å²) in [6.45, 7) is 0.887. The van der Waals surface area contributed by atoms with Crippen LogP contribution >= 0.6 is 11.6 Å². The van der Waals surface area contributed by atoms with Crippen LogP contribution in [0.25, 0.3) is 33.5 Å². The lowest BCUT2D eigenvalue weighted by atomic mass is 9.97. The summed E-state index contributed by atoms with van der Waals surface area (Å²) in [5.74, 6) is -1.34. The molecule has 0 bridgehead atoms. The molecule has 0 fully saturated rings. The molecule has 2 heterocycles. The molecule has 3 N–H and O–H groups in total. The minimum atomic E-state index is -0.711. The third-order valence-electron chi connectivity index (χ3n) is 5.55. The summed E-state index contributed by atoms with van der Waals surface area (Å²) in [7, 11) is 0. The zero-order valence-corrected chi connectivity index (χ0v) is 20.1. The van der Waals surface area contributed by atoms with Crippen LogP contribution < -0.4 is 10.7 Å². The number of hydrogen-bond acceptors (Lipinski definition) is 7. The van der Waals surface area contributed by atoms with Crippen LogP contribution in [-0.4, -0.2) is 37.4 Å². The first-order valence-electron chi connectivity index (χ1n) is 11.0. The molecule has 3 aromatic carbocycles. The Morgan fingerprint density at radius 2 is 1.92 bits per heavy atom. The fourth-order valence-electron chi connectivity index (χ4n) is 3.88. The van der Waals surface area contributed by atoms with Crippen LogP contribution in [0.1, 0.15) is 11.5 Å². The SMILES string of the molecule is Cc1nc(-c2c(F)cc(Cl)cc2-c2ccc(CNc3nc4ccccc4n3NC(=O)CO)c(F)c2)no1. The van der Waals surface area contributed by atoms with E-state index in [-0.39, 0.29) is 40.4 Å². The molecule has 0 aliphatic rings. The molecule has 0 radical (unpaired) electrons. The van der Waals surface area contributed by atoms with Crippen LogP contribution in [0.15, 0.2) is 59.1 Å². The maximum atomic E-state index is 15.2. The van der Waals surface area contributed by atoms with Gasteiger partial charge >= 0.3 is 0 Å². The highest BCUT2D eigenvalue weighted by Crippen LogP contribution is 2.36. The van der Waals surface area contributed by atoms with Gasteiger partial charge in [0.25, 0.3) is 5.91 Å². The predicted octanol–water partition coefficient (Wildman–Crippen LogP) is 4.67. The van der Waals surface area contributed by atoms with Crippen molar-refractivity contribution < 1.29 is 23.2 Å². The zero-order valence-electron chi connectivity index (χ0n) is 19.3. The van der Waals surface area contributed by atoms with Crippen molar-refractivity contribution in [2.45, 2.75) is 13.5 Å². The van der Waals surface area contributed by atoms with E-state index in [0.29, 0.717) is 22.2 Å². The lowest BCUT2D eigenvalue weighted by Gasteiger charge is -2.13. The van der Waals surface area contributed by atoms with E-state index in [9.17, 15) is 9.18 Å². The summed E-state index contributed by atoms with van der Waals surface area (Å²) >= 11 is 6.09. The lowest BCUT2D eigenvalue weighted by Crippen LogP contribution is -2.26. The molecule has 1 amide bonds. The predicted molar refractivity (Wildman–Crippen MR) is 133 cm³/mol. The molecular weight excluding hydrogens is 506 g/mol. The highest BCUT2D eigenvalue weighted by Gasteiger charge is 2.20. The molecule has 0 atom stereocenters. The van der Waals surface area contributed by atoms with Gasteiger partial charge in [-0.05, 0) is 41.5 Å². The normalized spacial score (nSPS) is 11.2. The fourth-order valence-corrected chi connectivity index (χ4v) is 4.08. The van der Waals surface area contributed by atoms with Crippen molar-refractivity contribution in [3.63, 3.8) is 0 Å². The van der Waals surface area contributed by atoms with Gasteiger partial charge in [-0.15, -0.1) is 0 Å². The number of rotatable bonds is 7. The number of nitrogens with zero attached hydrogens (tertiary/aromatic N) is 4. The number of carbonyl (C=O) groups is 1. The minimum Gasteiger partial charge on any atom is -0.386 e. The number of carbonyl (C=O) groups excluding carboxylic acids is 1. The molecule has 37 heavy (non-hydrogen) atoms. The van der Waals surface area contributed by atoms with Gasteiger partial charge in [-0.3, -0.25) is 10.2 Å². The maximum absolute atomic E-state index is 15.2. The number of halogens is 3. The van der Waals surface area contributed by atoms with Gasteiger partial charge in [0.1, 0.15) is 18.2 Å². The second-order valence-electron chi connectivity index (χ2n) is 8.06. The first-order valence-corrected chi connectivity index (χ1v) is 11.4. The number of anilines is 1. The number of hydrogen-bond donors (Lipinski definition) is 3. The van der Waals surface area contributed by atoms with Crippen LogP contribution in [-0.2, 0) is 11.3 Å². The summed E-state index contributed by atoms with van der Waals surface area (Å²) in [6.07, 6.45) is 0. The molecule has 12 heteroatoms. The van der Waals surface area contributed by atoms with Crippen LogP contribution in [0, 0.1) is 18.6 Å². The Morgan fingerprint density at radius 1 is 1.11 bits per heavy atom. The largest absolute Gasteiger partial charge is 0.386 e. The third kappa shape index (κ3) is 4.86. The highest BCUT2D eigenvalue weighted by atomic mass is 35.5. The van der Waals surface area contributed by atoms with Crippen molar-refractivity contribution in [2.24, 2.45) is 0 Å². The van der Waals surface area contributed by atoms with Crippen LogP contribution in [0.5, 0.6) is 0 Å². The van der Waals surface area contributed by atoms with Crippen molar-refractivity contribution in [1.82, 2.24) is 19.8 Å². The van der Waals surface area contributed by atoms with Crippen LogP contribution in [0.3, 0.4) is 0 Å². The number of aliphatic hydroxyl groups excluding tert-OH is 1. The average Bonchev–Trinajstić information content (AvgIpc) is 3.45. The second-order valence-corrected chi connectivity index (χ2v) is 8.50. The van der Waals surface area contributed by atoms with Gasteiger partial charge in [0.2, 0.25) is 17.7 Å². The van der Waals surface area contributed by atoms with E-state index in [0.717, 1.165) is 6.07 Å². The van der Waals surface area contributed by atoms with E-state index >= 15 is 4.39 Å². The fraction of sp³-hybridized carbons (Fsp3) is 0.120. The molecule has 0 saturated carbocycles. The van der Waals surface area contributed by atoms with Gasteiger partial charge in [-0.1, -0.05) is 41.0 Å². The lowest BCUT2D eigenvalue weighted by molar-refractivity contribution is -0.119. The highest BCUT2D eigenvalue weighted by molar-refractivity contribution is 6.31. The van der Waals surface area contributed by atoms with Gasteiger partial charge in [0.15, 0.2) is 0 Å². The standard InChI is InChI=1S/C25H19ClF2N6O3/c1-13-30-24(33-37-13)23-17(9-16(26)10-19(23)28)14-6-7-15(18(27)8-14)11-29-25-31-20-4-2-3-5-21(20)34(25)32-22(36)12-35/h2-10,35H,11-12H2,1H3,(H,29,31)(H,32,36). The van der Waals surface area contributed by atoms with Crippen molar-refractivity contribution in [2.75, 3.05) is 17.3 Å². The van der Waals surface area contributed by atoms with Crippen molar-refractivity contribution in [1.29, 1.82) is 0 Å². The smallest absolute Gasteiger partial charge is 0.264 e. The molecule has 188 valence electrons. The van der Waals surface area contributed by atoms with Crippen molar-refractivity contribution >= 4 is 34.5 Å². The molecule has 0 aliphatic heterocycles. The molecule has 0 aliphatic carbocycles. The van der Waals surface area contributed by atoms with E-state index in [4.69, 9.17) is 21.2 Å². The van der Waals surface area contributed by atoms with Crippen LogP contribution in [0.2, 0.25) is 5.02 Å². The van der Waals surface area contributed by atoms with Crippen LogP contribution in [0.4, 0.5) is 14.7 Å². The zero-order chi connectivity index (χ0) is 26.1. The van der Waals surface area contributed by atoms with Crippen molar-refractivity contribution in [3.8, 4) is 22.5 Å². The minimum absolute atomic E-state index is 0.0191. The Hall–Kier alpha value is -4.35. The molecule has 2 aromatic heterocycles. The topological polar surface area (TPSA) is 118 Å². The van der Waals surface area contributed by atoms with Crippen molar-refractivity contribution in [3.05, 3.63) is 82.7 Å². The number of nitrogens with one attached hydrogen (secondary N) is 2. The number of fused-ring (bicyclic) bond motifs is 1. The Morgan fingerprint density at radius 3 is 2.65 bits per heavy atom. The summed E-state index contributed by atoms with van der Waals surface area (Å²) in [6, 6.07) is 14.1. The summed E-state index contributed by atoms with van der Waals surface area (Å²) in [5, 5.41) is 16.1. The summed E-state index contributed by atoms with van der Waals surface area (Å²) in [5.41, 5.74) is 4.72. The average molecular weight is 525 g/mol. The molecule has 5 rings (SSSR count). The van der Waals surface area contributed by atoms with Gasteiger partial charge in [0.05, 0.1) is 16.6 Å². The molecule has 0 saturated heterocycles. The number of aromatic nitrogens is 4. The molecule has 0 spiro atoms. The van der Waals surface area contributed by atoms with Gasteiger partial charge in [-0.25, -0.2) is 18.4 Å². The Kier molecular flexibility index (Phi) is 6.55. The number of aryl methyl sites for hydroxylation is 1. The number of para-hydroxylation sites is 2. The van der Waals surface area contributed by atoms with Gasteiger partial charge < -0.3 is 14.9 Å². The summed E-state index contributed by atoms with van der Waals surface area (Å²) in [4.78, 5) is 20.3. The monoisotopic (exact) mass is 524 g/mol. The first-order chi connectivity index (χ1) is 17.8. The Labute approximate surface area is 213 Å². The van der Waals surface area contributed by atoms with E-state index < -0.39 is 24.1 Å². The Balaban J connectivity index is 1.45. The Bertz CT molecular complexity index is 1630. The van der Waals surface area contributed by atoms with E-state index in [1.54, 1.807) is 43.3 Å². The maximum Gasteiger partial charge on any atom is 0.264 e. The van der Waals surface area contributed by atoms with E-state index in [2.05, 4.69) is 25.9 Å². The number of imidazole rings is 1. The quantitative estimate of drug-likeness (QED) is 0.283. The van der Waals surface area contributed by atoms with E-state index in [1.807, 2.05) is 0 Å². The molecular formula is C25H19ClF2N6O3. The number of benzene rings is 3. The summed E-state index contributed by atoms with van der Waals surface area (Å²) < 4.78 is 36.4. The second kappa shape index (κ2) is 9.96. The molecule has 5 aromatic rings.